The van der Waals surface area contributed by atoms with Gasteiger partial charge >= 0.3 is 0 Å². The largest absolute Gasteiger partial charge is 0.400 e. The zero-order valence-electron chi connectivity index (χ0n) is 51.3. The minimum Gasteiger partial charge on any atom is -0.400 e. The molecule has 2 aliphatic carbocycles. The molecule has 12 rings (SSSR count). The van der Waals surface area contributed by atoms with E-state index in [-0.39, 0.29) is 29.0 Å². The Morgan fingerprint density at radius 3 is 1.40 bits per heavy atom. The fraction of sp³-hybridized carbons (Fsp3) is 0.406. The number of pyridine rings is 2. The molecule has 7 N–H and O–H groups in total. The average Bonchev–Trinajstić information content (AvgIpc) is 0.921. The van der Waals surface area contributed by atoms with Crippen LogP contribution in [0.25, 0.3) is 21.8 Å². The van der Waals surface area contributed by atoms with E-state index >= 15 is 0 Å². The maximum Gasteiger partial charge on any atom is 0.294 e. The topological polar surface area (TPSA) is 262 Å². The molecule has 25 heteroatoms. The minimum absolute atomic E-state index is 0. The molecule has 0 atom stereocenters. The van der Waals surface area contributed by atoms with Crippen molar-refractivity contribution in [2.45, 2.75) is 70.9 Å². The molecule has 0 radical (unpaired) electrons. The number of rotatable bonds is 15. The van der Waals surface area contributed by atoms with Gasteiger partial charge in [-0.15, -0.1) is 0 Å². The van der Waals surface area contributed by atoms with E-state index in [4.69, 9.17) is 34.0 Å². The van der Waals surface area contributed by atoms with Gasteiger partial charge in [-0.1, -0.05) is 42.8 Å². The molecule has 4 aromatic heterocycles. The number of nitrogens with zero attached hydrogens (tertiary/aromatic N) is 11. The van der Waals surface area contributed by atoms with Gasteiger partial charge < -0.3 is 60.8 Å². The Hall–Kier alpha value is -7.22. The van der Waals surface area contributed by atoms with Gasteiger partial charge in [0.05, 0.1) is 51.1 Å². The highest BCUT2D eigenvalue weighted by Crippen LogP contribution is 2.53. The molecule has 2 saturated heterocycles. The van der Waals surface area contributed by atoms with Crippen molar-refractivity contribution in [1.82, 2.24) is 39.7 Å². The molecule has 2 saturated carbocycles. The van der Waals surface area contributed by atoms with Crippen molar-refractivity contribution in [1.29, 1.82) is 0 Å². The monoisotopic (exact) mass is 1290 g/mol. The van der Waals surface area contributed by atoms with Crippen molar-refractivity contribution in [2.24, 2.45) is 10.8 Å². The summed E-state index contributed by atoms with van der Waals surface area (Å²) >= 11 is 13.0. The van der Waals surface area contributed by atoms with Crippen molar-refractivity contribution in [2.75, 3.05) is 125 Å². The first-order valence-electron chi connectivity index (χ1n) is 29.4. The second-order valence-electron chi connectivity index (χ2n) is 24.8. The number of fused-ring (bicyclic) bond motifs is 2. The zero-order chi connectivity index (χ0) is 62.9. The van der Waals surface area contributed by atoms with Gasteiger partial charge in [-0.3, -0.25) is 20.1 Å². The van der Waals surface area contributed by atoms with E-state index in [0.29, 0.717) is 72.8 Å². The standard InChI is InChI=1S/C31H36ClN8O3P.C31H38ClN8OP.CH4O.CH4/c1-38(2)21-17-31(18-21)11-14-39(15-12-31)26-10-7-20(16-27(26)40(41)42)35-30-34-19-23(32)29(37-30)36-25-9-8-24-22(6-5-13-33-24)28(25)44(3,4)43;1-39(2)21-17-31(18-21)11-14-40(15-12-31)27-10-7-20(16-24(27)33)36-30-35-19-23(32)29(38-30)37-26-9-8-25-22(6-5-13-34-25)28(26)42(3,4)41;1-2;/h5-10,13,16,19,21H,11-12,14-15,17-18H2,1-4H3,(H2,34,35,36,37);5-10,13,16,19,21H,11-12,14-15,17-18,33H2,1-4H3,(H2,35,36,37,38);2H,1H3;1H4. The summed E-state index contributed by atoms with van der Waals surface area (Å²) in [5.74, 6) is 1.29. The maximum absolute atomic E-state index is 13.3. The molecule has 0 amide bonds. The van der Waals surface area contributed by atoms with Gasteiger partial charge in [0.25, 0.3) is 5.69 Å². The van der Waals surface area contributed by atoms with Gasteiger partial charge in [0, 0.05) is 96.6 Å². The molecule has 4 aromatic carbocycles. The van der Waals surface area contributed by atoms with Gasteiger partial charge in [-0.05, 0) is 184 Å². The highest BCUT2D eigenvalue weighted by Gasteiger charge is 2.48. The Morgan fingerprint density at radius 2 is 1.01 bits per heavy atom. The number of nitro groups is 1. The molecule has 8 aromatic rings. The number of aliphatic hydroxyl groups excluding tert-OH is 1. The Labute approximate surface area is 531 Å². The molecule has 21 nitrogen and oxygen atoms in total. The van der Waals surface area contributed by atoms with Crippen molar-refractivity contribution in [3.8, 4) is 0 Å². The van der Waals surface area contributed by atoms with Crippen LogP contribution in [-0.2, 0) is 9.13 Å². The zero-order valence-corrected chi connectivity index (χ0v) is 54.6. The lowest BCUT2D eigenvalue weighted by Crippen LogP contribution is -2.53. The molecule has 0 bridgehead atoms. The summed E-state index contributed by atoms with van der Waals surface area (Å²) in [5.41, 5.74) is 13.9. The lowest BCUT2D eigenvalue weighted by molar-refractivity contribution is -0.384. The molecule has 2 aliphatic heterocycles. The summed E-state index contributed by atoms with van der Waals surface area (Å²) in [6.45, 7) is 10.6. The van der Waals surface area contributed by atoms with Gasteiger partial charge in [0.15, 0.2) is 11.6 Å². The predicted octanol–water partition coefficient (Wildman–Crippen LogP) is 13.2. The second kappa shape index (κ2) is 27.1. The molecule has 472 valence electrons. The number of benzene rings is 4. The van der Waals surface area contributed by atoms with E-state index in [1.807, 2.05) is 66.7 Å². The van der Waals surface area contributed by atoms with Crippen LogP contribution in [0, 0.1) is 20.9 Å². The number of piperidine rings is 2. The molecular weight excluding hydrogens is 1210 g/mol. The summed E-state index contributed by atoms with van der Waals surface area (Å²) in [6.07, 6.45) is 16.0. The molecule has 4 aliphatic rings. The molecule has 2 spiro atoms. The normalized spacial score (nSPS) is 17.0. The van der Waals surface area contributed by atoms with Crippen molar-refractivity contribution in [3.63, 3.8) is 0 Å². The number of hydrogen-bond donors (Lipinski definition) is 6. The van der Waals surface area contributed by atoms with Crippen LogP contribution in [0.2, 0.25) is 10.0 Å². The van der Waals surface area contributed by atoms with E-state index in [1.165, 1.54) is 50.8 Å². The van der Waals surface area contributed by atoms with Crippen LogP contribution in [0.15, 0.2) is 110 Å². The summed E-state index contributed by atoms with van der Waals surface area (Å²) in [4.78, 5) is 47.7. The quantitative estimate of drug-likeness (QED) is 0.0241. The molecule has 0 unspecified atom stereocenters. The van der Waals surface area contributed by atoms with Crippen LogP contribution >= 0.6 is 37.5 Å². The van der Waals surface area contributed by atoms with Crippen LogP contribution < -0.4 is 47.4 Å². The lowest BCUT2D eigenvalue weighted by atomic mass is 9.60. The Balaban J connectivity index is 0.000000204. The summed E-state index contributed by atoms with van der Waals surface area (Å²) in [5, 5.41) is 35.6. The average molecular weight is 1290 g/mol. The second-order valence-corrected chi connectivity index (χ2v) is 31.9. The third-order valence-electron chi connectivity index (χ3n) is 17.8. The number of aromatic nitrogens is 6. The highest BCUT2D eigenvalue weighted by atomic mass is 35.5. The highest BCUT2D eigenvalue weighted by molar-refractivity contribution is 7.71. The van der Waals surface area contributed by atoms with Crippen LogP contribution in [0.3, 0.4) is 0 Å². The smallest absolute Gasteiger partial charge is 0.294 e. The van der Waals surface area contributed by atoms with Crippen molar-refractivity contribution < 1.29 is 19.2 Å². The van der Waals surface area contributed by atoms with Gasteiger partial charge in [0.1, 0.15) is 30.0 Å². The third-order valence-corrected chi connectivity index (χ3v) is 21.4. The number of halogens is 2. The lowest BCUT2D eigenvalue weighted by Gasteiger charge is -2.54. The van der Waals surface area contributed by atoms with Crippen LogP contribution in [-0.4, -0.2) is 150 Å². The summed E-state index contributed by atoms with van der Waals surface area (Å²) in [6, 6.07) is 27.4. The fourth-order valence-electron chi connectivity index (χ4n) is 13.0. The number of nitrogens with two attached hydrogens (primary N) is 1. The van der Waals surface area contributed by atoms with E-state index in [1.54, 1.807) is 51.3 Å². The van der Waals surface area contributed by atoms with Crippen LogP contribution in [0.1, 0.15) is 58.8 Å². The molecular formula is C64H82Cl2N16O5P2. The summed E-state index contributed by atoms with van der Waals surface area (Å²) in [7, 11) is 4.22. The van der Waals surface area contributed by atoms with Gasteiger partial charge in [-0.2, -0.15) is 9.97 Å². The number of nitrogen functional groups attached to an aromatic ring is 1. The molecule has 89 heavy (non-hydrogen) atoms. The van der Waals surface area contributed by atoms with E-state index in [2.05, 4.69) is 105 Å². The number of nitro benzene ring substituents is 1. The first kappa shape index (κ1) is 66.2. The van der Waals surface area contributed by atoms with Crippen molar-refractivity contribution in [3.05, 3.63) is 130 Å². The number of anilines is 11. The van der Waals surface area contributed by atoms with Gasteiger partial charge in [0.2, 0.25) is 11.9 Å². The Kier molecular flexibility index (Phi) is 20.1. The first-order valence-corrected chi connectivity index (χ1v) is 35.3. The Bertz CT molecular complexity index is 3970. The number of aliphatic hydroxyl groups is 1. The number of nitrogens with one attached hydrogen (secondary N) is 4. The van der Waals surface area contributed by atoms with E-state index < -0.39 is 14.3 Å². The molecule has 6 heterocycles. The Morgan fingerprint density at radius 1 is 0.607 bits per heavy atom. The first-order chi connectivity index (χ1) is 41.9. The van der Waals surface area contributed by atoms with Crippen LogP contribution in [0.5, 0.6) is 0 Å². The fourth-order valence-corrected chi connectivity index (χ4v) is 16.2. The maximum atomic E-state index is 13.3. The number of hydrogen-bond acceptors (Lipinski definition) is 20. The summed E-state index contributed by atoms with van der Waals surface area (Å²) < 4.78 is 26.7. The van der Waals surface area contributed by atoms with Crippen LogP contribution in [0.4, 0.5) is 69.0 Å². The third kappa shape index (κ3) is 14.7. The minimum atomic E-state index is -2.74. The SMILES string of the molecule is C.CN(C)C1CC2(CCN(c3ccc(Nc4ncc(Cl)c(Nc5ccc6ncccc6c5P(C)(C)=O)n4)cc3N)CC2)C1.CN(C)C1CC2(CCN(c3ccc(Nc4ncc(Cl)c(Nc5ccc6ncccc6c5P(C)(C)=O)n4)cc3[N+](=O)[O-])CC2)C1.CO. The predicted molar refractivity (Wildman–Crippen MR) is 369 cm³/mol. The van der Waals surface area contributed by atoms with E-state index in [9.17, 15) is 19.2 Å². The van der Waals surface area contributed by atoms with E-state index in [0.717, 1.165) is 91.0 Å². The van der Waals surface area contributed by atoms with Crippen molar-refractivity contribution >= 4 is 139 Å². The van der Waals surface area contributed by atoms with Gasteiger partial charge in [-0.25, -0.2) is 9.97 Å². The molecule has 4 fully saturated rings.